The Kier molecular flexibility index (Phi) is 8.10. The van der Waals surface area contributed by atoms with E-state index in [0.29, 0.717) is 0 Å². The second-order valence-corrected chi connectivity index (χ2v) is 10.3. The summed E-state index contributed by atoms with van der Waals surface area (Å²) in [5.74, 6) is -5.17. The number of benzene rings is 1. The number of aromatic nitrogens is 2. The largest absolute Gasteiger partial charge is 0.633 e. The Morgan fingerprint density at radius 1 is 1.13 bits per heavy atom. The molecule has 3 heterocycles. The SMILES string of the molecule is CC(C)CC(CC(=O)[C@H](Cc1ccccc1)NC(=O)c1cnccn1)[B-]12OC(=O)CC(CC(=O)O)(O1)C(=O)O2. The number of carbonyl (C=O) groups is 5. The number of aliphatic carboxylic acids is 1. The van der Waals surface area contributed by atoms with Gasteiger partial charge in [-0.25, -0.2) is 4.98 Å². The van der Waals surface area contributed by atoms with Crippen LogP contribution in [0.25, 0.3) is 0 Å². The Bertz CT molecular complexity index is 1260. The Morgan fingerprint density at radius 3 is 2.51 bits per heavy atom. The number of fused-ring (bicyclic) bond motifs is 2. The van der Waals surface area contributed by atoms with E-state index in [-0.39, 0.29) is 30.9 Å². The van der Waals surface area contributed by atoms with Crippen LogP contribution in [0.5, 0.6) is 0 Å². The van der Waals surface area contributed by atoms with Gasteiger partial charge < -0.3 is 24.4 Å². The normalized spacial score (nSPS) is 23.5. The number of nitrogens with one attached hydrogen (secondary N) is 1. The van der Waals surface area contributed by atoms with Crippen molar-refractivity contribution in [2.24, 2.45) is 5.92 Å². The molecule has 2 aliphatic heterocycles. The van der Waals surface area contributed by atoms with Gasteiger partial charge in [0, 0.05) is 12.4 Å². The highest BCUT2D eigenvalue weighted by Crippen LogP contribution is 2.48. The molecule has 2 aliphatic rings. The topological polar surface area (TPSA) is 171 Å². The van der Waals surface area contributed by atoms with Crippen molar-refractivity contribution in [3.05, 3.63) is 60.2 Å². The Morgan fingerprint density at radius 2 is 1.87 bits per heavy atom. The summed E-state index contributed by atoms with van der Waals surface area (Å²) in [6.45, 7) is 0.623. The average Bonchev–Trinajstić information content (AvgIpc) is 3.08. The lowest BCUT2D eigenvalue weighted by Crippen LogP contribution is -2.56. The summed E-state index contributed by atoms with van der Waals surface area (Å²) < 4.78 is 16.8. The van der Waals surface area contributed by atoms with Crippen LogP contribution in [0.3, 0.4) is 0 Å². The molecule has 2 bridgehead atoms. The number of carboxylic acids is 1. The fourth-order valence-electron chi connectivity index (χ4n) is 5.12. The highest BCUT2D eigenvalue weighted by Gasteiger charge is 2.64. The molecule has 0 aliphatic carbocycles. The van der Waals surface area contributed by atoms with Crippen molar-refractivity contribution >= 4 is 36.4 Å². The van der Waals surface area contributed by atoms with Crippen LogP contribution in [0, 0.1) is 5.92 Å². The molecule has 2 aromatic rings. The summed E-state index contributed by atoms with van der Waals surface area (Å²) in [6, 6.07) is 8.05. The van der Waals surface area contributed by atoms with E-state index in [0.717, 1.165) is 5.56 Å². The predicted octanol–water partition coefficient (Wildman–Crippen LogP) is 1.87. The van der Waals surface area contributed by atoms with E-state index in [1.807, 2.05) is 32.0 Å². The van der Waals surface area contributed by atoms with Gasteiger partial charge in [-0.2, -0.15) is 0 Å². The van der Waals surface area contributed by atoms with Crippen LogP contribution >= 0.6 is 0 Å². The zero-order valence-corrected chi connectivity index (χ0v) is 21.6. The third-order valence-corrected chi connectivity index (χ3v) is 6.78. The van der Waals surface area contributed by atoms with Gasteiger partial charge in [-0.1, -0.05) is 56.4 Å². The molecule has 13 heteroatoms. The summed E-state index contributed by atoms with van der Waals surface area (Å²) in [6.07, 6.45) is 2.80. The van der Waals surface area contributed by atoms with Gasteiger partial charge in [0.1, 0.15) is 11.3 Å². The second kappa shape index (κ2) is 11.3. The number of rotatable bonds is 12. The number of carboxylic acid groups (broad SMARTS) is 1. The lowest BCUT2D eigenvalue weighted by Gasteiger charge is -2.46. The third-order valence-electron chi connectivity index (χ3n) is 6.78. The molecule has 2 N–H and O–H groups in total. The van der Waals surface area contributed by atoms with Crippen molar-refractivity contribution in [3.8, 4) is 0 Å². The van der Waals surface area contributed by atoms with Gasteiger partial charge in [-0.15, -0.1) is 0 Å². The summed E-state index contributed by atoms with van der Waals surface area (Å²) in [5, 5.41) is 12.1. The summed E-state index contributed by atoms with van der Waals surface area (Å²) in [7, 11) is 0. The molecule has 4 rings (SSSR count). The Balaban J connectivity index is 1.62. The molecule has 39 heavy (non-hydrogen) atoms. The van der Waals surface area contributed by atoms with Gasteiger partial charge in [-0.3, -0.25) is 29.0 Å². The molecule has 1 aromatic carbocycles. The number of ketones is 1. The molecular formula is C26H29BN3O9-. The monoisotopic (exact) mass is 538 g/mol. The van der Waals surface area contributed by atoms with Gasteiger partial charge in [0.05, 0.1) is 25.1 Å². The summed E-state index contributed by atoms with van der Waals surface area (Å²) >= 11 is 0. The number of carbonyl (C=O) groups excluding carboxylic acids is 4. The van der Waals surface area contributed by atoms with E-state index < -0.39 is 66.7 Å². The van der Waals surface area contributed by atoms with E-state index in [2.05, 4.69) is 15.3 Å². The zero-order chi connectivity index (χ0) is 28.2. The maximum Gasteiger partial charge on any atom is 0.499 e. The number of hydrogen-bond donors (Lipinski definition) is 2. The first-order valence-electron chi connectivity index (χ1n) is 12.7. The van der Waals surface area contributed by atoms with Crippen LogP contribution in [-0.4, -0.2) is 63.1 Å². The Labute approximate surface area is 224 Å². The van der Waals surface area contributed by atoms with Crippen LogP contribution in [0.1, 0.15) is 55.6 Å². The minimum atomic E-state index is -3.11. The molecule has 0 saturated carbocycles. The zero-order valence-electron chi connectivity index (χ0n) is 21.6. The second-order valence-electron chi connectivity index (χ2n) is 10.3. The van der Waals surface area contributed by atoms with Gasteiger partial charge in [0.2, 0.25) is 0 Å². The van der Waals surface area contributed by atoms with Crippen molar-refractivity contribution in [2.45, 2.75) is 63.4 Å². The molecule has 2 fully saturated rings. The molecular weight excluding hydrogens is 509 g/mol. The number of hydrogen-bond acceptors (Lipinski definition) is 10. The van der Waals surface area contributed by atoms with Gasteiger partial charge in [-0.05, 0) is 24.3 Å². The minimum absolute atomic E-state index is 0.0256. The molecule has 4 atom stereocenters. The Hall–Kier alpha value is -4.13. The van der Waals surface area contributed by atoms with Crippen molar-refractivity contribution in [2.75, 3.05) is 0 Å². The third kappa shape index (κ3) is 6.31. The average molecular weight is 538 g/mol. The highest BCUT2D eigenvalue weighted by atomic mass is 16.8. The van der Waals surface area contributed by atoms with Crippen molar-refractivity contribution in [1.82, 2.24) is 15.3 Å². The molecule has 12 nitrogen and oxygen atoms in total. The van der Waals surface area contributed by atoms with E-state index in [1.54, 1.807) is 12.1 Å². The fourth-order valence-corrected chi connectivity index (χ4v) is 5.12. The minimum Gasteiger partial charge on any atom is -0.633 e. The smallest absolute Gasteiger partial charge is 0.499 e. The first-order chi connectivity index (χ1) is 18.5. The standard InChI is InChI=1S/C26H29BN3O9/c1-16(2)10-18(27-37-23(34)14-26(39-27,13-22(32)33)25(36)38-27)12-21(31)19(11-17-6-4-3-5-7-17)30-24(35)20-15-28-8-9-29-20/h3-9,15-16,18-19H,10-14H2,1-2H3,(H,30,35)(H,32,33)/q-1/t18?,19-,26?,27?/m0/s1. The van der Waals surface area contributed by atoms with E-state index in [1.165, 1.54) is 18.6 Å². The molecule has 0 spiro atoms. The van der Waals surface area contributed by atoms with Crippen molar-refractivity contribution < 1.29 is 43.0 Å². The molecule has 206 valence electrons. The molecule has 1 aromatic heterocycles. The summed E-state index contributed by atoms with van der Waals surface area (Å²) in [5.41, 5.74) is -1.20. The lowest BCUT2D eigenvalue weighted by molar-refractivity contribution is -0.160. The van der Waals surface area contributed by atoms with Gasteiger partial charge >= 0.3 is 12.7 Å². The first kappa shape index (κ1) is 27.9. The van der Waals surface area contributed by atoms with Crippen LogP contribution in [0.2, 0.25) is 5.82 Å². The lowest BCUT2D eigenvalue weighted by atomic mass is 9.57. The van der Waals surface area contributed by atoms with E-state index >= 15 is 0 Å². The summed E-state index contributed by atoms with van der Waals surface area (Å²) in [4.78, 5) is 71.4. The van der Waals surface area contributed by atoms with Gasteiger partial charge in [0.15, 0.2) is 5.78 Å². The number of amides is 1. The van der Waals surface area contributed by atoms with Crippen LogP contribution < -0.4 is 5.32 Å². The van der Waals surface area contributed by atoms with Crippen LogP contribution in [0.4, 0.5) is 0 Å². The number of nitrogens with zero attached hydrogens (tertiary/aromatic N) is 2. The maximum absolute atomic E-state index is 13.8. The molecule has 2 saturated heterocycles. The van der Waals surface area contributed by atoms with Crippen LogP contribution in [-0.2, 0) is 39.6 Å². The van der Waals surface area contributed by atoms with Crippen molar-refractivity contribution in [1.29, 1.82) is 0 Å². The number of Topliss-reactive ketones (excluding diaryl/α,β-unsaturated/α-hetero) is 1. The maximum atomic E-state index is 13.8. The highest BCUT2D eigenvalue weighted by molar-refractivity contribution is 6.68. The molecule has 1 amide bonds. The molecule has 0 radical (unpaired) electrons. The quantitative estimate of drug-likeness (QED) is 0.378. The van der Waals surface area contributed by atoms with E-state index in [9.17, 15) is 29.1 Å². The molecule has 3 unspecified atom stereocenters. The van der Waals surface area contributed by atoms with Gasteiger partial charge in [0.25, 0.3) is 17.8 Å². The van der Waals surface area contributed by atoms with E-state index in [4.69, 9.17) is 14.0 Å². The first-order valence-corrected chi connectivity index (χ1v) is 12.7. The van der Waals surface area contributed by atoms with Crippen molar-refractivity contribution in [3.63, 3.8) is 0 Å². The fraction of sp³-hybridized carbons (Fsp3) is 0.423. The van der Waals surface area contributed by atoms with Crippen LogP contribution in [0.15, 0.2) is 48.9 Å². The predicted molar refractivity (Wildman–Crippen MR) is 135 cm³/mol.